The molecule has 3 atom stereocenters. The molecule has 0 radical (unpaired) electrons. The Labute approximate surface area is 158 Å². The van der Waals surface area contributed by atoms with Crippen LogP contribution in [-0.4, -0.2) is 41.5 Å². The molecule has 3 N–H and O–H groups in total. The number of rotatable bonds is 7. The number of aliphatic hydroxyl groups is 1. The van der Waals surface area contributed by atoms with Crippen molar-refractivity contribution < 1.29 is 14.6 Å². The summed E-state index contributed by atoms with van der Waals surface area (Å²) in [6.07, 6.45) is -0.707. The fourth-order valence-corrected chi connectivity index (χ4v) is 2.36. The molecule has 0 bridgehead atoms. The largest absolute Gasteiger partial charge is 0.444 e. The average molecular weight is 365 g/mol. The quantitative estimate of drug-likeness (QED) is 0.692. The minimum atomic E-state index is -0.729. The maximum Gasteiger partial charge on any atom is 0.407 e. The summed E-state index contributed by atoms with van der Waals surface area (Å²) < 4.78 is 5.35. The molecule has 0 unspecified atom stereocenters. The molecule has 1 aromatic rings. The van der Waals surface area contributed by atoms with Gasteiger partial charge >= 0.3 is 6.09 Å². The SMILES string of the molecule is C[C@H](NC[C@@H](O)[C@H](Cc1ccccc1)NC(=O)OC(C)(C)C)C(C)(C)C. The average Bonchev–Trinajstić information content (AvgIpc) is 2.49. The van der Waals surface area contributed by atoms with E-state index in [2.05, 4.69) is 38.3 Å². The summed E-state index contributed by atoms with van der Waals surface area (Å²) in [4.78, 5) is 12.2. The molecule has 0 spiro atoms. The van der Waals surface area contributed by atoms with Gasteiger partial charge in [0.05, 0.1) is 12.1 Å². The van der Waals surface area contributed by atoms with Crippen LogP contribution in [0.4, 0.5) is 4.79 Å². The first-order chi connectivity index (χ1) is 11.9. The zero-order valence-corrected chi connectivity index (χ0v) is 17.3. The predicted octanol–water partition coefficient (Wildman–Crippen LogP) is 3.51. The highest BCUT2D eigenvalue weighted by Gasteiger charge is 2.27. The second kappa shape index (κ2) is 9.38. The summed E-state index contributed by atoms with van der Waals surface area (Å²) in [6.45, 7) is 14.4. The van der Waals surface area contributed by atoms with E-state index in [1.165, 1.54) is 0 Å². The maximum absolute atomic E-state index is 12.2. The number of alkyl carbamates (subject to hydrolysis) is 1. The van der Waals surface area contributed by atoms with Gasteiger partial charge in [0.1, 0.15) is 5.60 Å². The van der Waals surface area contributed by atoms with Crippen LogP contribution in [0.15, 0.2) is 30.3 Å². The normalized spacial score (nSPS) is 15.8. The van der Waals surface area contributed by atoms with Crippen LogP contribution < -0.4 is 10.6 Å². The molecule has 5 heteroatoms. The van der Waals surface area contributed by atoms with E-state index in [0.717, 1.165) is 5.56 Å². The smallest absolute Gasteiger partial charge is 0.407 e. The van der Waals surface area contributed by atoms with Gasteiger partial charge in [0.25, 0.3) is 0 Å². The molecule has 26 heavy (non-hydrogen) atoms. The first-order valence-corrected chi connectivity index (χ1v) is 9.33. The summed E-state index contributed by atoms with van der Waals surface area (Å²) in [6, 6.07) is 9.62. The summed E-state index contributed by atoms with van der Waals surface area (Å²) >= 11 is 0. The third kappa shape index (κ3) is 8.68. The molecule has 0 aliphatic heterocycles. The van der Waals surface area contributed by atoms with Gasteiger partial charge in [-0.15, -0.1) is 0 Å². The lowest BCUT2D eigenvalue weighted by Crippen LogP contribution is -2.52. The fourth-order valence-electron chi connectivity index (χ4n) is 2.36. The van der Waals surface area contributed by atoms with Crippen LogP contribution in [0.1, 0.15) is 54.0 Å². The van der Waals surface area contributed by atoms with Crippen molar-refractivity contribution >= 4 is 6.09 Å². The number of hydrogen-bond acceptors (Lipinski definition) is 4. The Kier molecular flexibility index (Phi) is 8.10. The summed E-state index contributed by atoms with van der Waals surface area (Å²) in [5.41, 5.74) is 0.565. The van der Waals surface area contributed by atoms with Crippen molar-refractivity contribution in [3.63, 3.8) is 0 Å². The van der Waals surface area contributed by atoms with Crippen molar-refractivity contribution in [3.05, 3.63) is 35.9 Å². The number of aliphatic hydroxyl groups excluding tert-OH is 1. The van der Waals surface area contributed by atoms with Crippen molar-refractivity contribution in [2.24, 2.45) is 5.41 Å². The molecular formula is C21H36N2O3. The van der Waals surface area contributed by atoms with Crippen LogP contribution in [0.2, 0.25) is 0 Å². The molecule has 0 aliphatic carbocycles. The van der Waals surface area contributed by atoms with Gasteiger partial charge < -0.3 is 20.5 Å². The van der Waals surface area contributed by atoms with E-state index >= 15 is 0 Å². The molecule has 1 rings (SSSR count). The number of carbonyl (C=O) groups excluding carboxylic acids is 1. The van der Waals surface area contributed by atoms with E-state index in [4.69, 9.17) is 4.74 Å². The van der Waals surface area contributed by atoms with Crippen molar-refractivity contribution in [2.75, 3.05) is 6.54 Å². The van der Waals surface area contributed by atoms with Gasteiger partial charge in [-0.1, -0.05) is 51.1 Å². The Balaban J connectivity index is 2.77. The molecular weight excluding hydrogens is 328 g/mol. The molecule has 0 heterocycles. The van der Waals surface area contributed by atoms with E-state index < -0.39 is 23.8 Å². The monoisotopic (exact) mass is 364 g/mol. The van der Waals surface area contributed by atoms with Crippen LogP contribution in [0.5, 0.6) is 0 Å². The van der Waals surface area contributed by atoms with Crippen LogP contribution >= 0.6 is 0 Å². The van der Waals surface area contributed by atoms with Gasteiger partial charge in [-0.2, -0.15) is 0 Å². The summed E-state index contributed by atoms with van der Waals surface area (Å²) in [5.74, 6) is 0. The zero-order chi connectivity index (χ0) is 20.0. The number of nitrogens with one attached hydrogen (secondary N) is 2. The summed E-state index contributed by atoms with van der Waals surface area (Å²) in [7, 11) is 0. The highest BCUT2D eigenvalue weighted by Crippen LogP contribution is 2.18. The van der Waals surface area contributed by atoms with Gasteiger partial charge in [0.15, 0.2) is 0 Å². The zero-order valence-electron chi connectivity index (χ0n) is 17.3. The lowest BCUT2D eigenvalue weighted by Gasteiger charge is -2.31. The van der Waals surface area contributed by atoms with Gasteiger partial charge in [-0.25, -0.2) is 4.79 Å². The van der Waals surface area contributed by atoms with Crippen molar-refractivity contribution in [1.29, 1.82) is 0 Å². The summed E-state index contributed by atoms with van der Waals surface area (Å²) in [5, 5.41) is 16.9. The Morgan fingerprint density at radius 1 is 1.12 bits per heavy atom. The molecule has 0 fully saturated rings. The van der Waals surface area contributed by atoms with E-state index in [1.54, 1.807) is 0 Å². The number of ether oxygens (including phenoxy) is 1. The molecule has 0 aliphatic rings. The molecule has 1 amide bonds. The third-order valence-corrected chi connectivity index (χ3v) is 4.40. The highest BCUT2D eigenvalue weighted by molar-refractivity contribution is 5.68. The van der Waals surface area contributed by atoms with Crippen LogP contribution in [0, 0.1) is 5.41 Å². The van der Waals surface area contributed by atoms with Crippen molar-refractivity contribution in [1.82, 2.24) is 10.6 Å². The van der Waals surface area contributed by atoms with E-state index in [1.807, 2.05) is 51.1 Å². The fraction of sp³-hybridized carbons (Fsp3) is 0.667. The molecule has 1 aromatic carbocycles. The number of benzene rings is 1. The second-order valence-corrected chi connectivity index (χ2v) is 9.01. The van der Waals surface area contributed by atoms with Crippen LogP contribution in [-0.2, 0) is 11.2 Å². The van der Waals surface area contributed by atoms with Crippen LogP contribution in [0.3, 0.4) is 0 Å². The first-order valence-electron chi connectivity index (χ1n) is 9.33. The van der Waals surface area contributed by atoms with Crippen molar-refractivity contribution in [3.8, 4) is 0 Å². The van der Waals surface area contributed by atoms with Gasteiger partial charge in [-0.05, 0) is 45.1 Å². The highest BCUT2D eigenvalue weighted by atomic mass is 16.6. The Hall–Kier alpha value is -1.59. The van der Waals surface area contributed by atoms with Gasteiger partial charge in [0.2, 0.25) is 0 Å². The Bertz CT molecular complexity index is 547. The van der Waals surface area contributed by atoms with E-state index in [9.17, 15) is 9.90 Å². The molecule has 0 saturated carbocycles. The second-order valence-electron chi connectivity index (χ2n) is 9.01. The maximum atomic E-state index is 12.2. The molecule has 0 saturated heterocycles. The Morgan fingerprint density at radius 2 is 1.69 bits per heavy atom. The topological polar surface area (TPSA) is 70.6 Å². The van der Waals surface area contributed by atoms with E-state index in [-0.39, 0.29) is 11.5 Å². The molecule has 148 valence electrons. The standard InChI is InChI=1S/C21H36N2O3/c1-15(20(2,3)4)22-14-18(24)17(13-16-11-9-8-10-12-16)23-19(25)26-21(5,6)7/h8-12,15,17-18,22,24H,13-14H2,1-7H3,(H,23,25)/t15-,17-,18+/m0/s1. The minimum Gasteiger partial charge on any atom is -0.444 e. The van der Waals surface area contributed by atoms with E-state index in [0.29, 0.717) is 13.0 Å². The number of amides is 1. The molecule has 0 aromatic heterocycles. The van der Waals surface area contributed by atoms with Gasteiger partial charge in [-0.3, -0.25) is 0 Å². The number of carbonyl (C=O) groups is 1. The van der Waals surface area contributed by atoms with Crippen molar-refractivity contribution in [2.45, 2.75) is 78.7 Å². The lowest BCUT2D eigenvalue weighted by atomic mass is 9.88. The Morgan fingerprint density at radius 3 is 2.19 bits per heavy atom. The minimum absolute atomic E-state index is 0.0905. The first kappa shape index (κ1) is 22.5. The van der Waals surface area contributed by atoms with Gasteiger partial charge in [0, 0.05) is 12.6 Å². The van der Waals surface area contributed by atoms with Crippen LogP contribution in [0.25, 0.3) is 0 Å². The predicted molar refractivity (Wildman–Crippen MR) is 106 cm³/mol. The third-order valence-electron chi connectivity index (χ3n) is 4.40. The lowest BCUT2D eigenvalue weighted by molar-refractivity contribution is 0.0416. The molecule has 5 nitrogen and oxygen atoms in total. The number of hydrogen-bond donors (Lipinski definition) is 3.